The summed E-state index contributed by atoms with van der Waals surface area (Å²) in [5.74, 6) is 0.0112. The van der Waals surface area contributed by atoms with Crippen molar-refractivity contribution in [3.8, 4) is 11.4 Å². The Balaban J connectivity index is 1.56. The van der Waals surface area contributed by atoms with Crippen molar-refractivity contribution < 1.29 is 4.79 Å². The number of benzene rings is 2. The van der Waals surface area contributed by atoms with Crippen LogP contribution in [0.1, 0.15) is 22.4 Å². The number of hydrogen-bond acceptors (Lipinski definition) is 5. The predicted molar refractivity (Wildman–Crippen MR) is 123 cm³/mol. The van der Waals surface area contributed by atoms with Crippen LogP contribution in [0.15, 0.2) is 95.1 Å². The molecule has 0 radical (unpaired) electrons. The summed E-state index contributed by atoms with van der Waals surface area (Å²) in [6.07, 6.45) is 3.13. The zero-order valence-electron chi connectivity index (χ0n) is 17.4. The lowest BCUT2D eigenvalue weighted by Crippen LogP contribution is -2.27. The van der Waals surface area contributed by atoms with Gasteiger partial charge in [0.25, 0.3) is 5.56 Å². The van der Waals surface area contributed by atoms with E-state index in [2.05, 4.69) is 25.5 Å². The number of aromatic nitrogens is 3. The summed E-state index contributed by atoms with van der Waals surface area (Å²) in [6.45, 7) is 1.71. The first-order valence-corrected chi connectivity index (χ1v) is 10.1. The monoisotopic (exact) mass is 423 g/mol. The van der Waals surface area contributed by atoms with Gasteiger partial charge in [0, 0.05) is 40.3 Å². The number of aryl methyl sites for hydroxylation is 1. The molecule has 2 heterocycles. The van der Waals surface area contributed by atoms with Crippen LogP contribution < -0.4 is 11.0 Å². The molecule has 0 bridgehead atoms. The highest BCUT2D eigenvalue weighted by Crippen LogP contribution is 2.13. The van der Waals surface area contributed by atoms with Gasteiger partial charge in [-0.05, 0) is 19.1 Å². The molecule has 0 unspecified atom stereocenters. The fourth-order valence-corrected chi connectivity index (χ4v) is 3.26. The molecule has 7 heteroatoms. The van der Waals surface area contributed by atoms with Crippen molar-refractivity contribution in [1.82, 2.24) is 20.4 Å². The highest BCUT2D eigenvalue weighted by Gasteiger charge is 2.14. The minimum absolute atomic E-state index is 0.137. The Bertz CT molecular complexity index is 1260. The molecule has 2 N–H and O–H groups in total. The number of hydrogen-bond donors (Lipinski definition) is 2. The lowest BCUT2D eigenvalue weighted by molar-refractivity contribution is -0.120. The van der Waals surface area contributed by atoms with Crippen LogP contribution >= 0.6 is 0 Å². The molecule has 0 spiro atoms. The molecule has 32 heavy (non-hydrogen) atoms. The zero-order valence-corrected chi connectivity index (χ0v) is 17.4. The fraction of sp³-hybridized carbons (Fsp3) is 0.0800. The van der Waals surface area contributed by atoms with Crippen LogP contribution in [0.5, 0.6) is 0 Å². The predicted octanol–water partition coefficient (Wildman–Crippen LogP) is 3.25. The lowest BCUT2D eigenvalue weighted by Gasteiger charge is -2.09. The van der Waals surface area contributed by atoms with Crippen LogP contribution in [0.25, 0.3) is 11.4 Å². The van der Waals surface area contributed by atoms with Gasteiger partial charge in [-0.1, -0.05) is 60.7 Å². The van der Waals surface area contributed by atoms with Gasteiger partial charge in [-0.3, -0.25) is 14.6 Å². The summed E-state index contributed by atoms with van der Waals surface area (Å²) >= 11 is 0. The Labute approximate surface area is 184 Å². The third-order valence-electron chi connectivity index (χ3n) is 4.88. The average molecular weight is 423 g/mol. The van der Waals surface area contributed by atoms with Crippen molar-refractivity contribution >= 4 is 11.6 Å². The summed E-state index contributed by atoms with van der Waals surface area (Å²) in [4.78, 5) is 36.5. The normalized spacial score (nSPS) is 10.4. The van der Waals surface area contributed by atoms with E-state index in [1.165, 1.54) is 0 Å². The summed E-state index contributed by atoms with van der Waals surface area (Å²) < 4.78 is 0. The molecule has 2 aromatic heterocycles. The molecule has 0 aliphatic heterocycles. The van der Waals surface area contributed by atoms with Crippen LogP contribution in [0, 0.1) is 6.92 Å². The van der Waals surface area contributed by atoms with Gasteiger partial charge in [-0.15, -0.1) is 0 Å². The number of aromatic amines is 1. The van der Waals surface area contributed by atoms with Crippen molar-refractivity contribution in [2.75, 3.05) is 0 Å². The third-order valence-corrected chi connectivity index (χ3v) is 4.88. The smallest absolute Gasteiger partial charge is 0.255 e. The topological polar surface area (TPSA) is 100 Å². The molecule has 0 saturated carbocycles. The quantitative estimate of drug-likeness (QED) is 0.367. The van der Waals surface area contributed by atoms with E-state index in [1.54, 1.807) is 31.5 Å². The van der Waals surface area contributed by atoms with Crippen molar-refractivity contribution in [2.45, 2.75) is 13.3 Å². The maximum absolute atomic E-state index is 12.6. The number of amides is 1. The largest absolute Gasteiger partial charge is 0.306 e. The first kappa shape index (κ1) is 20.9. The second-order valence-corrected chi connectivity index (χ2v) is 7.12. The Hall–Kier alpha value is -4.39. The molecule has 0 atom stereocenters. The Morgan fingerprint density at radius 2 is 1.62 bits per heavy atom. The van der Waals surface area contributed by atoms with Crippen LogP contribution in [0.4, 0.5) is 0 Å². The van der Waals surface area contributed by atoms with Gasteiger partial charge in [0.2, 0.25) is 5.91 Å². The maximum atomic E-state index is 12.6. The lowest BCUT2D eigenvalue weighted by atomic mass is 10.0. The van der Waals surface area contributed by atoms with E-state index in [4.69, 9.17) is 0 Å². The van der Waals surface area contributed by atoms with E-state index >= 15 is 0 Å². The molecular weight excluding hydrogens is 402 g/mol. The van der Waals surface area contributed by atoms with Gasteiger partial charge in [-0.25, -0.2) is 10.4 Å². The number of carbonyl (C=O) groups is 1. The van der Waals surface area contributed by atoms with Gasteiger partial charge in [-0.2, -0.15) is 5.10 Å². The molecule has 2 aromatic carbocycles. The number of nitrogens with one attached hydrogen (secondary N) is 2. The highest BCUT2D eigenvalue weighted by atomic mass is 16.2. The number of pyridine rings is 1. The van der Waals surface area contributed by atoms with Crippen LogP contribution in [-0.2, 0) is 11.2 Å². The SMILES string of the molecule is Cc1nc(-c2cccnc2)[nH]c(=O)c1CC(=O)NN=C(c1ccccc1)c1ccccc1. The minimum Gasteiger partial charge on any atom is -0.306 e. The Kier molecular flexibility index (Phi) is 6.27. The number of nitrogens with zero attached hydrogens (tertiary/aromatic N) is 3. The molecule has 4 aromatic rings. The van der Waals surface area contributed by atoms with E-state index in [1.807, 2.05) is 60.7 Å². The average Bonchev–Trinajstić information content (AvgIpc) is 2.83. The van der Waals surface area contributed by atoms with Gasteiger partial charge in [0.15, 0.2) is 0 Å². The molecular formula is C25H21N5O2. The minimum atomic E-state index is -0.404. The molecule has 0 fully saturated rings. The summed E-state index contributed by atoms with van der Waals surface area (Å²) in [5.41, 5.74) is 6.08. The van der Waals surface area contributed by atoms with Gasteiger partial charge >= 0.3 is 0 Å². The van der Waals surface area contributed by atoms with Crippen molar-refractivity contribution in [3.63, 3.8) is 0 Å². The van der Waals surface area contributed by atoms with E-state index in [-0.39, 0.29) is 12.0 Å². The Morgan fingerprint density at radius 3 is 2.19 bits per heavy atom. The molecule has 0 saturated heterocycles. The van der Waals surface area contributed by atoms with E-state index in [0.717, 1.165) is 11.1 Å². The zero-order chi connectivity index (χ0) is 22.3. The first-order valence-electron chi connectivity index (χ1n) is 10.1. The molecule has 7 nitrogen and oxygen atoms in total. The number of hydrazone groups is 1. The standard InChI is InChI=1S/C25H21N5O2/c1-17-21(25(32)28-24(27-17)20-13-8-14-26-16-20)15-22(31)29-30-23(18-9-4-2-5-10-18)19-11-6-3-7-12-19/h2-14,16H,15H2,1H3,(H,29,31)(H,27,28,32). The fourth-order valence-electron chi connectivity index (χ4n) is 3.26. The van der Waals surface area contributed by atoms with Crippen LogP contribution in [-0.4, -0.2) is 26.6 Å². The van der Waals surface area contributed by atoms with Gasteiger partial charge in [0.05, 0.1) is 12.1 Å². The molecule has 1 amide bonds. The first-order chi connectivity index (χ1) is 15.6. The summed E-state index contributed by atoms with van der Waals surface area (Å²) in [6, 6.07) is 22.7. The van der Waals surface area contributed by atoms with Crippen molar-refractivity contribution in [3.05, 3.63) is 118 Å². The van der Waals surface area contributed by atoms with Gasteiger partial charge in [0.1, 0.15) is 5.82 Å². The van der Waals surface area contributed by atoms with E-state index in [0.29, 0.717) is 28.4 Å². The van der Waals surface area contributed by atoms with Crippen LogP contribution in [0.2, 0.25) is 0 Å². The summed E-state index contributed by atoms with van der Waals surface area (Å²) in [7, 11) is 0. The molecule has 158 valence electrons. The Morgan fingerprint density at radius 1 is 0.969 bits per heavy atom. The molecule has 0 aliphatic carbocycles. The van der Waals surface area contributed by atoms with E-state index < -0.39 is 5.91 Å². The third kappa shape index (κ3) is 4.84. The second-order valence-electron chi connectivity index (χ2n) is 7.12. The molecule has 4 rings (SSSR count). The van der Waals surface area contributed by atoms with Gasteiger partial charge < -0.3 is 4.98 Å². The highest BCUT2D eigenvalue weighted by molar-refractivity contribution is 6.13. The van der Waals surface area contributed by atoms with Crippen LogP contribution in [0.3, 0.4) is 0 Å². The summed E-state index contributed by atoms with van der Waals surface area (Å²) in [5, 5.41) is 4.36. The number of H-pyrrole nitrogens is 1. The molecule has 0 aliphatic rings. The second kappa shape index (κ2) is 9.61. The number of rotatable bonds is 6. The maximum Gasteiger partial charge on any atom is 0.255 e. The van der Waals surface area contributed by atoms with Crippen molar-refractivity contribution in [2.24, 2.45) is 5.10 Å². The van der Waals surface area contributed by atoms with E-state index in [9.17, 15) is 9.59 Å². The van der Waals surface area contributed by atoms with Crippen molar-refractivity contribution in [1.29, 1.82) is 0 Å². The number of carbonyl (C=O) groups excluding carboxylic acids is 1.